The average molecular weight is 401 g/mol. The van der Waals surface area contributed by atoms with Crippen molar-refractivity contribution in [3.8, 4) is 0 Å². The normalized spacial score (nSPS) is 24.8. The van der Waals surface area contributed by atoms with E-state index in [1.165, 1.54) is 11.8 Å². The van der Waals surface area contributed by atoms with Crippen LogP contribution in [0.1, 0.15) is 38.2 Å². The van der Waals surface area contributed by atoms with Gasteiger partial charge in [0, 0.05) is 0 Å². The molecule has 0 radical (unpaired) electrons. The smallest absolute Gasteiger partial charge is 0.333 e. The molecule has 1 aromatic carbocycles. The Morgan fingerprint density at radius 3 is 2.86 bits per heavy atom. The Balaban J connectivity index is 1.36. The second kappa shape index (κ2) is 7.12. The summed E-state index contributed by atoms with van der Waals surface area (Å²) in [5.41, 5.74) is 4.44. The number of imidazole rings is 1. The Kier molecular flexibility index (Phi) is 4.78. The van der Waals surface area contributed by atoms with Gasteiger partial charge in [0.15, 0.2) is 5.16 Å². The molecule has 2 heterocycles. The summed E-state index contributed by atoms with van der Waals surface area (Å²) in [6, 6.07) is 5.33. The molecule has 1 saturated heterocycles. The van der Waals surface area contributed by atoms with Crippen LogP contribution < -0.4 is 10.7 Å². The van der Waals surface area contributed by atoms with Gasteiger partial charge in [0.2, 0.25) is 5.91 Å². The van der Waals surface area contributed by atoms with Crippen LogP contribution in [0.4, 0.5) is 4.79 Å². The first-order valence-electron chi connectivity index (χ1n) is 9.42. The van der Waals surface area contributed by atoms with Crippen LogP contribution in [0.5, 0.6) is 0 Å². The SMILES string of the molecule is Cc1ccc2nc(SCC(=O)NN3C(=O)NC4(CCC(C)CC4)C3=O)[nH]c2c1. The molecule has 8 nitrogen and oxygen atoms in total. The maximum Gasteiger partial charge on any atom is 0.344 e. The topological polar surface area (TPSA) is 107 Å². The highest BCUT2D eigenvalue weighted by Crippen LogP contribution is 2.35. The summed E-state index contributed by atoms with van der Waals surface area (Å²) in [4.78, 5) is 44.9. The van der Waals surface area contributed by atoms with Crippen molar-refractivity contribution >= 4 is 40.6 Å². The lowest BCUT2D eigenvalue weighted by Crippen LogP contribution is -2.51. The number of rotatable bonds is 4. The quantitative estimate of drug-likeness (QED) is 0.539. The molecule has 1 aliphatic heterocycles. The number of amides is 4. The lowest BCUT2D eigenvalue weighted by atomic mass is 9.77. The van der Waals surface area contributed by atoms with E-state index in [1.54, 1.807) is 0 Å². The van der Waals surface area contributed by atoms with Crippen molar-refractivity contribution in [2.75, 3.05) is 5.75 Å². The Labute approximate surface area is 166 Å². The minimum absolute atomic E-state index is 0.0416. The molecular weight excluding hydrogens is 378 g/mol. The number of thioether (sulfide) groups is 1. The molecule has 1 aliphatic carbocycles. The van der Waals surface area contributed by atoms with E-state index in [2.05, 4.69) is 27.6 Å². The van der Waals surface area contributed by atoms with Crippen molar-refractivity contribution in [2.45, 2.75) is 50.2 Å². The number of aromatic nitrogens is 2. The number of imide groups is 1. The molecule has 0 bridgehead atoms. The molecule has 1 spiro atoms. The predicted octanol–water partition coefficient (Wildman–Crippen LogP) is 2.50. The summed E-state index contributed by atoms with van der Waals surface area (Å²) >= 11 is 1.22. The number of carbonyl (C=O) groups excluding carboxylic acids is 3. The summed E-state index contributed by atoms with van der Waals surface area (Å²) in [5.74, 6) is -0.198. The second-order valence-corrected chi connectivity index (χ2v) is 8.69. The fourth-order valence-electron chi connectivity index (χ4n) is 3.77. The van der Waals surface area contributed by atoms with Crippen LogP contribution in [0, 0.1) is 12.8 Å². The van der Waals surface area contributed by atoms with Crippen LogP contribution in [0.25, 0.3) is 11.0 Å². The lowest BCUT2D eigenvalue weighted by Gasteiger charge is -2.33. The van der Waals surface area contributed by atoms with E-state index in [9.17, 15) is 14.4 Å². The molecule has 0 atom stereocenters. The van der Waals surface area contributed by atoms with Crippen LogP contribution in [-0.4, -0.2) is 44.1 Å². The van der Waals surface area contributed by atoms with E-state index in [0.29, 0.717) is 23.9 Å². The van der Waals surface area contributed by atoms with Crippen molar-refractivity contribution in [2.24, 2.45) is 5.92 Å². The van der Waals surface area contributed by atoms with Crippen molar-refractivity contribution in [1.29, 1.82) is 0 Å². The first-order chi connectivity index (χ1) is 13.4. The molecule has 3 N–H and O–H groups in total. The standard InChI is InChI=1S/C19H23N5O3S/c1-11-5-7-19(8-6-11)16(26)24(18(27)22-19)23-15(25)10-28-17-20-13-4-3-12(2)9-14(13)21-17/h3-4,9,11H,5-8,10H2,1-2H3,(H,20,21)(H,22,27)(H,23,25). The van der Waals surface area contributed by atoms with Gasteiger partial charge in [0.05, 0.1) is 16.8 Å². The summed E-state index contributed by atoms with van der Waals surface area (Å²) in [6.07, 6.45) is 2.99. The van der Waals surface area contributed by atoms with Crippen LogP contribution in [-0.2, 0) is 9.59 Å². The molecule has 148 valence electrons. The predicted molar refractivity (Wildman–Crippen MR) is 105 cm³/mol. The number of nitrogens with one attached hydrogen (secondary N) is 3. The fourth-order valence-corrected chi connectivity index (χ4v) is 4.45. The Morgan fingerprint density at radius 1 is 1.36 bits per heavy atom. The molecule has 2 aliphatic rings. The number of hydrazine groups is 1. The Hall–Kier alpha value is -2.55. The Morgan fingerprint density at radius 2 is 2.11 bits per heavy atom. The van der Waals surface area contributed by atoms with E-state index < -0.39 is 17.5 Å². The minimum Gasteiger partial charge on any atom is -0.333 e. The van der Waals surface area contributed by atoms with Crippen molar-refractivity contribution in [3.63, 3.8) is 0 Å². The summed E-state index contributed by atoms with van der Waals surface area (Å²) < 4.78 is 0. The zero-order valence-electron chi connectivity index (χ0n) is 15.9. The van der Waals surface area contributed by atoms with E-state index >= 15 is 0 Å². The number of urea groups is 1. The molecule has 4 amide bonds. The molecule has 28 heavy (non-hydrogen) atoms. The van der Waals surface area contributed by atoms with Gasteiger partial charge in [-0.25, -0.2) is 9.78 Å². The summed E-state index contributed by atoms with van der Waals surface area (Å²) in [6.45, 7) is 4.14. The van der Waals surface area contributed by atoms with Gasteiger partial charge in [0.25, 0.3) is 5.91 Å². The highest BCUT2D eigenvalue weighted by Gasteiger charge is 2.52. The van der Waals surface area contributed by atoms with E-state index in [1.807, 2.05) is 25.1 Å². The number of hydrogen-bond acceptors (Lipinski definition) is 5. The minimum atomic E-state index is -0.861. The number of fused-ring (bicyclic) bond motifs is 1. The number of benzene rings is 1. The van der Waals surface area contributed by atoms with E-state index in [-0.39, 0.29) is 11.7 Å². The first kappa shape index (κ1) is 18.8. The van der Waals surface area contributed by atoms with Gasteiger partial charge in [-0.3, -0.25) is 15.0 Å². The number of aryl methyl sites for hydroxylation is 1. The van der Waals surface area contributed by atoms with E-state index in [0.717, 1.165) is 34.4 Å². The molecule has 1 aromatic heterocycles. The molecule has 0 unspecified atom stereocenters. The van der Waals surface area contributed by atoms with Gasteiger partial charge in [0.1, 0.15) is 5.54 Å². The van der Waals surface area contributed by atoms with Gasteiger partial charge in [-0.15, -0.1) is 0 Å². The molecule has 1 saturated carbocycles. The van der Waals surface area contributed by atoms with Crippen LogP contribution in [0.2, 0.25) is 0 Å². The van der Waals surface area contributed by atoms with Crippen molar-refractivity contribution in [1.82, 2.24) is 25.7 Å². The Bertz CT molecular complexity index is 948. The molecule has 9 heteroatoms. The van der Waals surface area contributed by atoms with E-state index in [4.69, 9.17) is 0 Å². The molecule has 2 aromatic rings. The van der Waals surface area contributed by atoms with Gasteiger partial charge in [-0.2, -0.15) is 5.01 Å². The van der Waals surface area contributed by atoms with Gasteiger partial charge in [-0.1, -0.05) is 24.8 Å². The molecule has 4 rings (SSSR count). The van der Waals surface area contributed by atoms with Gasteiger partial charge in [-0.05, 0) is 56.2 Å². The third-order valence-electron chi connectivity index (χ3n) is 5.48. The monoisotopic (exact) mass is 401 g/mol. The van der Waals surface area contributed by atoms with Crippen LogP contribution in [0.3, 0.4) is 0 Å². The number of carbonyl (C=O) groups is 3. The molecular formula is C19H23N5O3S. The number of H-pyrrole nitrogens is 1. The first-order valence-corrected chi connectivity index (χ1v) is 10.4. The van der Waals surface area contributed by atoms with Crippen molar-refractivity contribution in [3.05, 3.63) is 23.8 Å². The van der Waals surface area contributed by atoms with Crippen molar-refractivity contribution < 1.29 is 14.4 Å². The number of nitrogens with zero attached hydrogens (tertiary/aromatic N) is 2. The zero-order valence-corrected chi connectivity index (χ0v) is 16.7. The average Bonchev–Trinajstić information content (AvgIpc) is 3.16. The second-order valence-electron chi connectivity index (χ2n) is 7.72. The fraction of sp³-hybridized carbons (Fsp3) is 0.474. The largest absolute Gasteiger partial charge is 0.344 e. The van der Waals surface area contributed by atoms with Crippen LogP contribution >= 0.6 is 11.8 Å². The highest BCUT2D eigenvalue weighted by atomic mass is 32.2. The summed E-state index contributed by atoms with van der Waals surface area (Å²) in [5, 5.41) is 4.24. The third-order valence-corrected chi connectivity index (χ3v) is 6.36. The number of aromatic amines is 1. The van der Waals surface area contributed by atoms with Gasteiger partial charge >= 0.3 is 6.03 Å². The maximum absolute atomic E-state index is 12.8. The third kappa shape index (κ3) is 3.46. The van der Waals surface area contributed by atoms with Gasteiger partial charge < -0.3 is 10.3 Å². The maximum atomic E-state index is 12.8. The zero-order chi connectivity index (χ0) is 19.9. The molecule has 2 fully saturated rings. The van der Waals surface area contributed by atoms with Crippen LogP contribution in [0.15, 0.2) is 23.4 Å². The highest BCUT2D eigenvalue weighted by molar-refractivity contribution is 7.99. The lowest BCUT2D eigenvalue weighted by molar-refractivity contribution is -0.139. The summed E-state index contributed by atoms with van der Waals surface area (Å²) in [7, 11) is 0. The number of hydrogen-bond donors (Lipinski definition) is 3.